The van der Waals surface area contributed by atoms with Crippen LogP contribution in [0.3, 0.4) is 0 Å². The Hall–Kier alpha value is -2.48. The normalized spacial score (nSPS) is 13.2. The van der Waals surface area contributed by atoms with Crippen molar-refractivity contribution in [2.75, 3.05) is 5.32 Å². The summed E-state index contributed by atoms with van der Waals surface area (Å²) < 4.78 is 1.77. The molecule has 126 valence electrons. The molecule has 2 aromatic heterocycles. The van der Waals surface area contributed by atoms with Crippen LogP contribution in [0.15, 0.2) is 30.5 Å². The zero-order valence-corrected chi connectivity index (χ0v) is 14.8. The Kier molecular flexibility index (Phi) is 4.00. The van der Waals surface area contributed by atoms with Crippen molar-refractivity contribution in [3.05, 3.63) is 51.8 Å². The van der Waals surface area contributed by atoms with Crippen molar-refractivity contribution in [2.24, 2.45) is 0 Å². The molecule has 0 amide bonds. The third kappa shape index (κ3) is 3.23. The summed E-state index contributed by atoms with van der Waals surface area (Å²) >= 11 is 1.46. The molecule has 7 nitrogen and oxygen atoms in total. The maximum atomic E-state index is 10.9. The highest BCUT2D eigenvalue weighted by atomic mass is 32.1. The summed E-state index contributed by atoms with van der Waals surface area (Å²) in [6, 6.07) is 6.52. The van der Waals surface area contributed by atoms with Crippen LogP contribution in [0.2, 0.25) is 0 Å². The average molecular weight is 345 g/mol. The molecule has 0 aliphatic heterocycles. The number of benzene rings is 1. The Labute approximate surface area is 143 Å². The van der Waals surface area contributed by atoms with E-state index in [1.807, 2.05) is 19.2 Å². The smallest absolute Gasteiger partial charge is 0.269 e. The van der Waals surface area contributed by atoms with E-state index in [4.69, 9.17) is 0 Å². The first-order valence-corrected chi connectivity index (χ1v) is 8.43. The van der Waals surface area contributed by atoms with E-state index < -0.39 is 0 Å². The Balaban J connectivity index is 1.80. The van der Waals surface area contributed by atoms with Gasteiger partial charge in [-0.3, -0.25) is 10.1 Å². The highest BCUT2D eigenvalue weighted by Gasteiger charge is 2.20. The number of non-ortho nitro benzene ring substituents is 1. The molecule has 0 aliphatic rings. The standard InChI is InChI=1S/C16H19N5O2S/c1-10(11-6-5-7-12(8-11)21(22)23)17-14-19-20-9-13(16(2,3)4)18-15(20)24-14/h5-10H,1-4H3,(H,17,19)/t10-/m0/s1. The summed E-state index contributed by atoms with van der Waals surface area (Å²) in [7, 11) is 0. The SMILES string of the molecule is C[C@H](Nc1nn2cc(C(C)(C)C)nc2s1)c1cccc([N+](=O)[O-])c1. The summed E-state index contributed by atoms with van der Waals surface area (Å²) in [4.78, 5) is 15.9. The molecule has 0 saturated carbocycles. The van der Waals surface area contributed by atoms with Gasteiger partial charge in [-0.05, 0) is 12.5 Å². The van der Waals surface area contributed by atoms with Crippen molar-refractivity contribution in [1.82, 2.24) is 14.6 Å². The predicted octanol–water partition coefficient (Wildman–Crippen LogP) is 4.17. The summed E-state index contributed by atoms with van der Waals surface area (Å²) in [6.45, 7) is 8.29. The molecule has 0 saturated heterocycles. The van der Waals surface area contributed by atoms with E-state index in [0.29, 0.717) is 0 Å². The van der Waals surface area contributed by atoms with E-state index >= 15 is 0 Å². The molecule has 3 rings (SSSR count). The molecule has 0 aliphatic carbocycles. The third-order valence-electron chi connectivity index (χ3n) is 3.73. The highest BCUT2D eigenvalue weighted by Crippen LogP contribution is 2.28. The second-order valence-corrected chi connectivity index (χ2v) is 7.68. The fraction of sp³-hybridized carbons (Fsp3) is 0.375. The van der Waals surface area contributed by atoms with Gasteiger partial charge in [0.25, 0.3) is 5.69 Å². The zero-order valence-electron chi connectivity index (χ0n) is 14.0. The number of hydrogen-bond acceptors (Lipinski definition) is 6. The van der Waals surface area contributed by atoms with Gasteiger partial charge >= 0.3 is 0 Å². The molecule has 0 fully saturated rings. The van der Waals surface area contributed by atoms with Crippen molar-refractivity contribution in [1.29, 1.82) is 0 Å². The predicted molar refractivity (Wildman–Crippen MR) is 94.7 cm³/mol. The molecule has 1 atom stereocenters. The van der Waals surface area contributed by atoms with E-state index in [-0.39, 0.29) is 22.1 Å². The quantitative estimate of drug-likeness (QED) is 0.566. The molecule has 24 heavy (non-hydrogen) atoms. The molecular weight excluding hydrogens is 326 g/mol. The maximum absolute atomic E-state index is 10.9. The minimum absolute atomic E-state index is 0.0166. The summed E-state index contributed by atoms with van der Waals surface area (Å²) in [5.74, 6) is 0. The lowest BCUT2D eigenvalue weighted by molar-refractivity contribution is -0.384. The van der Waals surface area contributed by atoms with Crippen LogP contribution in [-0.2, 0) is 5.41 Å². The van der Waals surface area contributed by atoms with Crippen LogP contribution >= 0.6 is 11.3 Å². The monoisotopic (exact) mass is 345 g/mol. The highest BCUT2D eigenvalue weighted by molar-refractivity contribution is 7.20. The number of fused-ring (bicyclic) bond motifs is 1. The minimum atomic E-state index is -0.387. The van der Waals surface area contributed by atoms with Crippen molar-refractivity contribution in [2.45, 2.75) is 39.2 Å². The summed E-state index contributed by atoms with van der Waals surface area (Å²) in [6.07, 6.45) is 1.94. The second-order valence-electron chi connectivity index (χ2n) is 6.73. The molecule has 0 radical (unpaired) electrons. The Morgan fingerprint density at radius 3 is 2.75 bits per heavy atom. The van der Waals surface area contributed by atoms with Crippen LogP contribution in [-0.4, -0.2) is 19.5 Å². The molecular formula is C16H19N5O2S. The largest absolute Gasteiger partial charge is 0.354 e. The van der Waals surface area contributed by atoms with E-state index in [9.17, 15) is 10.1 Å². The molecule has 0 unspecified atom stereocenters. The lowest BCUT2D eigenvalue weighted by Crippen LogP contribution is -2.11. The number of aromatic nitrogens is 3. The van der Waals surface area contributed by atoms with Gasteiger partial charge in [0.1, 0.15) is 0 Å². The Morgan fingerprint density at radius 1 is 1.38 bits per heavy atom. The van der Waals surface area contributed by atoms with Gasteiger partial charge in [-0.15, -0.1) is 5.10 Å². The number of hydrogen-bond donors (Lipinski definition) is 1. The van der Waals surface area contributed by atoms with Crippen molar-refractivity contribution in [3.63, 3.8) is 0 Å². The summed E-state index contributed by atoms with van der Waals surface area (Å²) in [5, 5.41) is 19.4. The lowest BCUT2D eigenvalue weighted by atomic mass is 9.93. The molecule has 0 spiro atoms. The van der Waals surface area contributed by atoms with Gasteiger partial charge < -0.3 is 5.32 Å². The number of imidazole rings is 1. The van der Waals surface area contributed by atoms with Crippen LogP contribution < -0.4 is 5.32 Å². The summed E-state index contributed by atoms with van der Waals surface area (Å²) in [5.41, 5.74) is 1.91. The van der Waals surface area contributed by atoms with Gasteiger partial charge in [0.2, 0.25) is 10.1 Å². The van der Waals surface area contributed by atoms with Gasteiger partial charge in [-0.1, -0.05) is 44.2 Å². The first-order chi connectivity index (χ1) is 11.2. The number of rotatable bonds is 4. The molecule has 0 bridgehead atoms. The fourth-order valence-corrected chi connectivity index (χ4v) is 3.16. The molecule has 2 heterocycles. The van der Waals surface area contributed by atoms with Crippen molar-refractivity contribution < 1.29 is 4.92 Å². The first kappa shape index (κ1) is 16.4. The number of nitro benzene ring substituents is 1. The second kappa shape index (κ2) is 5.86. The number of nitrogens with zero attached hydrogens (tertiary/aromatic N) is 4. The van der Waals surface area contributed by atoms with E-state index in [1.54, 1.807) is 16.6 Å². The fourth-order valence-electron chi connectivity index (χ4n) is 2.30. The average Bonchev–Trinajstić information content (AvgIpc) is 3.05. The maximum Gasteiger partial charge on any atom is 0.269 e. The Morgan fingerprint density at radius 2 is 2.12 bits per heavy atom. The van der Waals surface area contributed by atoms with E-state index in [0.717, 1.165) is 21.3 Å². The third-order valence-corrected chi connectivity index (χ3v) is 4.59. The minimum Gasteiger partial charge on any atom is -0.354 e. The number of anilines is 1. The zero-order chi connectivity index (χ0) is 17.5. The van der Waals surface area contributed by atoms with Crippen LogP contribution in [0.25, 0.3) is 4.96 Å². The lowest BCUT2D eigenvalue weighted by Gasteiger charge is -2.14. The molecule has 1 aromatic carbocycles. The van der Waals surface area contributed by atoms with Crippen LogP contribution in [0.1, 0.15) is 45.0 Å². The molecule has 3 aromatic rings. The topological polar surface area (TPSA) is 85.4 Å². The van der Waals surface area contributed by atoms with Gasteiger partial charge in [0.15, 0.2) is 0 Å². The van der Waals surface area contributed by atoms with Gasteiger partial charge in [-0.2, -0.15) is 0 Å². The van der Waals surface area contributed by atoms with E-state index in [2.05, 4.69) is 36.2 Å². The van der Waals surface area contributed by atoms with Crippen molar-refractivity contribution >= 4 is 27.1 Å². The first-order valence-electron chi connectivity index (χ1n) is 7.61. The van der Waals surface area contributed by atoms with Crippen LogP contribution in [0, 0.1) is 10.1 Å². The molecule has 8 heteroatoms. The van der Waals surface area contributed by atoms with Crippen molar-refractivity contribution in [3.8, 4) is 0 Å². The van der Waals surface area contributed by atoms with Crippen LogP contribution in [0.5, 0.6) is 0 Å². The Bertz CT molecular complexity index is 862. The molecule has 1 N–H and O–H groups in total. The van der Waals surface area contributed by atoms with Gasteiger partial charge in [0, 0.05) is 17.5 Å². The number of nitro groups is 1. The van der Waals surface area contributed by atoms with Crippen LogP contribution in [0.4, 0.5) is 10.8 Å². The van der Waals surface area contributed by atoms with E-state index in [1.165, 1.54) is 17.4 Å². The van der Waals surface area contributed by atoms with Gasteiger partial charge in [-0.25, -0.2) is 9.50 Å². The van der Waals surface area contributed by atoms with Gasteiger partial charge in [0.05, 0.1) is 22.9 Å². The number of nitrogens with one attached hydrogen (secondary N) is 1.